The van der Waals surface area contributed by atoms with Gasteiger partial charge in [0.15, 0.2) is 0 Å². The summed E-state index contributed by atoms with van der Waals surface area (Å²) in [6, 6.07) is 8.08. The topological polar surface area (TPSA) is 86.7 Å². The maximum Gasteiger partial charge on any atom is 0.326 e. The Morgan fingerprint density at radius 1 is 1.26 bits per heavy atom. The minimum Gasteiger partial charge on any atom is -0.480 e. The molecule has 2 aliphatic rings. The van der Waals surface area contributed by atoms with E-state index in [1.165, 1.54) is 4.90 Å². The number of nitrogens with zero attached hydrogens (tertiary/aromatic N) is 1. The van der Waals surface area contributed by atoms with Crippen molar-refractivity contribution in [3.63, 3.8) is 0 Å². The van der Waals surface area contributed by atoms with Crippen LogP contribution < -0.4 is 5.32 Å². The summed E-state index contributed by atoms with van der Waals surface area (Å²) in [6.07, 6.45) is 3.02. The zero-order valence-electron chi connectivity index (χ0n) is 14.9. The van der Waals surface area contributed by atoms with E-state index in [0.29, 0.717) is 25.0 Å². The molecule has 0 bridgehead atoms. The zero-order chi connectivity index (χ0) is 19.4. The van der Waals surface area contributed by atoms with Gasteiger partial charge in [0.2, 0.25) is 11.8 Å². The molecule has 0 aromatic heterocycles. The van der Waals surface area contributed by atoms with Crippen molar-refractivity contribution in [2.75, 3.05) is 5.75 Å². The number of carbonyl (C=O) groups is 3. The number of benzene rings is 1. The van der Waals surface area contributed by atoms with Crippen LogP contribution in [0.4, 0.5) is 0 Å². The molecule has 6 nitrogen and oxygen atoms in total. The molecule has 2 fully saturated rings. The number of nitrogens with one attached hydrogen (secondary N) is 1. The van der Waals surface area contributed by atoms with Crippen molar-refractivity contribution in [1.82, 2.24) is 10.2 Å². The number of amides is 2. The lowest BCUT2D eigenvalue weighted by Crippen LogP contribution is -2.57. The van der Waals surface area contributed by atoms with Crippen LogP contribution in [0.15, 0.2) is 30.3 Å². The molecule has 27 heavy (non-hydrogen) atoms. The van der Waals surface area contributed by atoms with Gasteiger partial charge in [-0.1, -0.05) is 30.3 Å². The number of carboxylic acid groups (broad SMARTS) is 1. The molecule has 0 spiro atoms. The summed E-state index contributed by atoms with van der Waals surface area (Å²) in [5.41, 5.74) is 0.998. The van der Waals surface area contributed by atoms with E-state index in [1.54, 1.807) is 11.8 Å². The average molecular weight is 409 g/mol. The minimum atomic E-state index is -0.975. The Bertz CT molecular complexity index is 700. The number of hydrogen-bond acceptors (Lipinski definition) is 5. The van der Waals surface area contributed by atoms with Crippen LogP contribution in [0.5, 0.6) is 0 Å². The number of thioether (sulfide) groups is 1. The molecule has 1 aromatic rings. The van der Waals surface area contributed by atoms with Crippen LogP contribution in [0.25, 0.3) is 0 Å². The highest BCUT2D eigenvalue weighted by molar-refractivity contribution is 7.99. The van der Waals surface area contributed by atoms with Crippen LogP contribution in [0.3, 0.4) is 0 Å². The fourth-order valence-corrected chi connectivity index (χ4v) is 5.30. The minimum absolute atomic E-state index is 0.120. The van der Waals surface area contributed by atoms with E-state index >= 15 is 0 Å². The van der Waals surface area contributed by atoms with Gasteiger partial charge in [0.1, 0.15) is 12.1 Å². The summed E-state index contributed by atoms with van der Waals surface area (Å²) < 4.78 is 0. The lowest BCUT2D eigenvalue weighted by atomic mass is 10.00. The molecule has 0 saturated carbocycles. The first kappa shape index (κ1) is 20.1. The smallest absolute Gasteiger partial charge is 0.326 e. The standard InChI is InChI=1S/C19H24N2O4S2/c22-17(15(26)11-12-5-2-1-3-6-12)20-13-9-10-27-16-8-4-7-14(19(24)25)21(16)18(13)23/h1-3,5-6,13-16,26H,4,7-11H2,(H,20,22)(H,24,25)/t13-,14?,15-,16?/m0/s1. The maximum absolute atomic E-state index is 13.0. The predicted molar refractivity (Wildman–Crippen MR) is 108 cm³/mol. The third-order valence-electron chi connectivity index (χ3n) is 5.02. The first-order valence-corrected chi connectivity index (χ1v) is 10.7. The van der Waals surface area contributed by atoms with Gasteiger partial charge < -0.3 is 15.3 Å². The molecule has 146 valence electrons. The van der Waals surface area contributed by atoms with Crippen molar-refractivity contribution >= 4 is 42.2 Å². The van der Waals surface area contributed by atoms with Gasteiger partial charge in [-0.05, 0) is 43.4 Å². The van der Waals surface area contributed by atoms with E-state index in [-0.39, 0.29) is 17.2 Å². The molecular formula is C19H24N2O4S2. The van der Waals surface area contributed by atoms with Crippen molar-refractivity contribution in [3.8, 4) is 0 Å². The second-order valence-electron chi connectivity index (χ2n) is 6.91. The second-order valence-corrected chi connectivity index (χ2v) is 8.82. The SMILES string of the molecule is O=C(O)C1CCCC2SCC[C@H](NC(=O)[C@@H](S)Cc3ccccc3)C(=O)N21. The van der Waals surface area contributed by atoms with Crippen LogP contribution in [0, 0.1) is 0 Å². The first-order chi connectivity index (χ1) is 13.0. The summed E-state index contributed by atoms with van der Waals surface area (Å²) in [6.45, 7) is 0. The second kappa shape index (κ2) is 9.01. The quantitative estimate of drug-likeness (QED) is 0.648. The number of aliphatic carboxylic acids is 1. The molecule has 4 atom stereocenters. The summed E-state index contributed by atoms with van der Waals surface area (Å²) in [4.78, 5) is 38.7. The van der Waals surface area contributed by atoms with E-state index < -0.39 is 23.3 Å². The molecule has 2 heterocycles. The number of carboxylic acids is 1. The van der Waals surface area contributed by atoms with E-state index in [0.717, 1.165) is 18.4 Å². The number of rotatable bonds is 5. The molecule has 0 radical (unpaired) electrons. The van der Waals surface area contributed by atoms with Crippen LogP contribution in [-0.2, 0) is 20.8 Å². The number of carbonyl (C=O) groups excluding carboxylic acids is 2. The molecule has 1 aromatic carbocycles. The summed E-state index contributed by atoms with van der Waals surface area (Å²) in [5.74, 6) is -0.851. The van der Waals surface area contributed by atoms with Gasteiger partial charge in [-0.15, -0.1) is 11.8 Å². The number of fused-ring (bicyclic) bond motifs is 1. The normalized spacial score (nSPS) is 26.6. The highest BCUT2D eigenvalue weighted by atomic mass is 32.2. The van der Waals surface area contributed by atoms with Crippen LogP contribution in [0.1, 0.15) is 31.2 Å². The Hall–Kier alpha value is -1.67. The number of thiol groups is 1. The van der Waals surface area contributed by atoms with E-state index in [2.05, 4.69) is 17.9 Å². The van der Waals surface area contributed by atoms with Gasteiger partial charge in [-0.2, -0.15) is 12.6 Å². The molecule has 8 heteroatoms. The molecule has 2 saturated heterocycles. The van der Waals surface area contributed by atoms with Gasteiger partial charge in [0, 0.05) is 0 Å². The Morgan fingerprint density at radius 2 is 2.00 bits per heavy atom. The lowest BCUT2D eigenvalue weighted by molar-refractivity contribution is -0.154. The summed E-state index contributed by atoms with van der Waals surface area (Å²) >= 11 is 6.01. The van der Waals surface area contributed by atoms with Crippen LogP contribution in [0.2, 0.25) is 0 Å². The third kappa shape index (κ3) is 4.79. The van der Waals surface area contributed by atoms with Crippen molar-refractivity contribution in [3.05, 3.63) is 35.9 Å². The Labute approximate surface area is 168 Å². The molecular weight excluding hydrogens is 384 g/mol. The van der Waals surface area contributed by atoms with Crippen molar-refractivity contribution in [1.29, 1.82) is 0 Å². The predicted octanol–water partition coefficient (Wildman–Crippen LogP) is 1.94. The summed E-state index contributed by atoms with van der Waals surface area (Å²) in [7, 11) is 0. The molecule has 3 rings (SSSR count). The zero-order valence-corrected chi connectivity index (χ0v) is 16.6. The molecule has 0 aliphatic carbocycles. The first-order valence-electron chi connectivity index (χ1n) is 9.16. The van der Waals surface area contributed by atoms with Gasteiger partial charge in [-0.25, -0.2) is 4.79 Å². The van der Waals surface area contributed by atoms with Gasteiger partial charge in [0.25, 0.3) is 0 Å². The third-order valence-corrected chi connectivity index (χ3v) is 6.76. The molecule has 2 N–H and O–H groups in total. The van der Waals surface area contributed by atoms with E-state index in [9.17, 15) is 19.5 Å². The summed E-state index contributed by atoms with van der Waals surface area (Å²) in [5, 5.41) is 11.6. The van der Waals surface area contributed by atoms with Crippen molar-refractivity contribution in [2.24, 2.45) is 0 Å². The fourth-order valence-electron chi connectivity index (χ4n) is 3.62. The number of piperidine rings is 1. The Kier molecular flexibility index (Phi) is 6.70. The van der Waals surface area contributed by atoms with Gasteiger partial charge in [0.05, 0.1) is 10.6 Å². The monoisotopic (exact) mass is 408 g/mol. The molecule has 2 amide bonds. The maximum atomic E-state index is 13.0. The van der Waals surface area contributed by atoms with Gasteiger partial charge in [-0.3, -0.25) is 9.59 Å². The lowest BCUT2D eigenvalue weighted by Gasteiger charge is -2.39. The van der Waals surface area contributed by atoms with Crippen LogP contribution in [-0.4, -0.2) is 56.3 Å². The number of hydrogen-bond donors (Lipinski definition) is 3. The Balaban J connectivity index is 1.67. The van der Waals surface area contributed by atoms with Crippen molar-refractivity contribution in [2.45, 2.75) is 54.8 Å². The van der Waals surface area contributed by atoms with E-state index in [4.69, 9.17) is 0 Å². The highest BCUT2D eigenvalue weighted by Gasteiger charge is 2.43. The molecule has 2 aliphatic heterocycles. The van der Waals surface area contributed by atoms with Crippen LogP contribution >= 0.6 is 24.4 Å². The molecule has 2 unspecified atom stereocenters. The van der Waals surface area contributed by atoms with E-state index in [1.807, 2.05) is 30.3 Å². The Morgan fingerprint density at radius 3 is 2.70 bits per heavy atom. The fraction of sp³-hybridized carbons (Fsp3) is 0.526. The van der Waals surface area contributed by atoms with Crippen molar-refractivity contribution < 1.29 is 19.5 Å². The highest BCUT2D eigenvalue weighted by Crippen LogP contribution is 2.34. The average Bonchev–Trinajstić information content (AvgIpc) is 2.81. The largest absolute Gasteiger partial charge is 0.480 e. The van der Waals surface area contributed by atoms with Gasteiger partial charge >= 0.3 is 5.97 Å².